The van der Waals surface area contributed by atoms with Crippen molar-refractivity contribution in [1.82, 2.24) is 15.6 Å². The summed E-state index contributed by atoms with van der Waals surface area (Å²) in [4.78, 5) is 17.8. The first-order valence-electron chi connectivity index (χ1n) is 7.53. The van der Waals surface area contributed by atoms with Crippen LogP contribution in [0.25, 0.3) is 0 Å². The van der Waals surface area contributed by atoms with Gasteiger partial charge in [0.2, 0.25) is 0 Å². The Bertz CT molecular complexity index is 673. The SMILES string of the molecule is O=C(NC1CC2CCC1N2)c1ncc(Sc2ccccc2)s1. The van der Waals surface area contributed by atoms with Crippen molar-refractivity contribution in [3.8, 4) is 0 Å². The second-order valence-corrected chi connectivity index (χ2v) is 8.17. The summed E-state index contributed by atoms with van der Waals surface area (Å²) in [5.41, 5.74) is 0. The van der Waals surface area contributed by atoms with Crippen molar-refractivity contribution < 1.29 is 4.79 Å². The van der Waals surface area contributed by atoms with E-state index in [4.69, 9.17) is 0 Å². The van der Waals surface area contributed by atoms with Crippen molar-refractivity contribution >= 4 is 29.0 Å². The standard InChI is InChI=1S/C16H17N3OS2/c20-15(19-13-8-10-6-7-12(13)18-10)16-17-9-14(22-16)21-11-4-2-1-3-5-11/h1-5,9-10,12-13,18H,6-8H2,(H,19,20). The van der Waals surface area contributed by atoms with Gasteiger partial charge in [-0.2, -0.15) is 0 Å². The fourth-order valence-electron chi connectivity index (χ4n) is 3.23. The lowest BCUT2D eigenvalue weighted by atomic mass is 9.95. The maximum Gasteiger partial charge on any atom is 0.280 e. The highest BCUT2D eigenvalue weighted by Gasteiger charge is 2.39. The highest BCUT2D eigenvalue weighted by molar-refractivity contribution is 8.01. The van der Waals surface area contributed by atoms with E-state index in [0.717, 1.165) is 15.5 Å². The number of amides is 1. The average molecular weight is 331 g/mol. The number of benzene rings is 1. The van der Waals surface area contributed by atoms with Crippen LogP contribution in [0.5, 0.6) is 0 Å². The van der Waals surface area contributed by atoms with Crippen molar-refractivity contribution in [1.29, 1.82) is 0 Å². The number of carbonyl (C=O) groups excluding carboxylic acids is 1. The Morgan fingerprint density at radius 2 is 2.18 bits per heavy atom. The van der Waals surface area contributed by atoms with Gasteiger partial charge in [0.05, 0.1) is 10.4 Å². The van der Waals surface area contributed by atoms with Crippen molar-refractivity contribution in [3.05, 3.63) is 41.5 Å². The highest BCUT2D eigenvalue weighted by atomic mass is 32.2. The van der Waals surface area contributed by atoms with E-state index in [2.05, 4.69) is 27.8 Å². The van der Waals surface area contributed by atoms with Crippen LogP contribution in [-0.2, 0) is 0 Å². The molecule has 2 aliphatic rings. The maximum absolute atomic E-state index is 12.3. The summed E-state index contributed by atoms with van der Waals surface area (Å²) in [6.07, 6.45) is 5.25. The molecule has 1 aromatic heterocycles. The molecule has 22 heavy (non-hydrogen) atoms. The Labute approximate surface area is 137 Å². The molecule has 2 bridgehead atoms. The van der Waals surface area contributed by atoms with E-state index < -0.39 is 0 Å². The molecule has 0 saturated carbocycles. The van der Waals surface area contributed by atoms with Gasteiger partial charge in [0, 0.05) is 23.0 Å². The number of nitrogens with zero attached hydrogens (tertiary/aromatic N) is 1. The summed E-state index contributed by atoms with van der Waals surface area (Å²) in [6, 6.07) is 11.5. The predicted octanol–water partition coefficient (Wildman–Crippen LogP) is 2.92. The summed E-state index contributed by atoms with van der Waals surface area (Å²) in [5, 5.41) is 7.23. The van der Waals surface area contributed by atoms with Crippen molar-refractivity contribution in [2.45, 2.75) is 46.5 Å². The summed E-state index contributed by atoms with van der Waals surface area (Å²) in [7, 11) is 0. The van der Waals surface area contributed by atoms with Gasteiger partial charge in [-0.1, -0.05) is 30.0 Å². The topological polar surface area (TPSA) is 54.0 Å². The van der Waals surface area contributed by atoms with Crippen LogP contribution in [0.15, 0.2) is 45.6 Å². The monoisotopic (exact) mass is 331 g/mol. The van der Waals surface area contributed by atoms with Crippen LogP contribution in [-0.4, -0.2) is 29.0 Å². The number of nitrogens with one attached hydrogen (secondary N) is 2. The molecule has 4 nitrogen and oxygen atoms in total. The minimum Gasteiger partial charge on any atom is -0.346 e. The Morgan fingerprint density at radius 1 is 1.32 bits per heavy atom. The Morgan fingerprint density at radius 3 is 2.91 bits per heavy atom. The second kappa shape index (κ2) is 6.02. The van der Waals surface area contributed by atoms with E-state index in [1.165, 1.54) is 24.2 Å². The molecule has 0 spiro atoms. The van der Waals surface area contributed by atoms with Crippen LogP contribution in [0.2, 0.25) is 0 Å². The van der Waals surface area contributed by atoms with E-state index in [1.54, 1.807) is 18.0 Å². The van der Waals surface area contributed by atoms with Crippen LogP contribution in [0.1, 0.15) is 29.1 Å². The molecule has 6 heteroatoms. The van der Waals surface area contributed by atoms with Gasteiger partial charge < -0.3 is 10.6 Å². The zero-order valence-electron chi connectivity index (χ0n) is 12.0. The van der Waals surface area contributed by atoms with Crippen molar-refractivity contribution in [3.63, 3.8) is 0 Å². The average Bonchev–Trinajstić information content (AvgIpc) is 3.24. The van der Waals surface area contributed by atoms with Crippen LogP contribution >= 0.6 is 23.1 Å². The first-order valence-corrected chi connectivity index (χ1v) is 9.17. The molecule has 3 unspecified atom stereocenters. The number of aromatic nitrogens is 1. The summed E-state index contributed by atoms with van der Waals surface area (Å²) in [6.45, 7) is 0. The molecule has 2 fully saturated rings. The van der Waals surface area contributed by atoms with E-state index in [0.29, 0.717) is 17.1 Å². The molecule has 2 aliphatic heterocycles. The zero-order valence-corrected chi connectivity index (χ0v) is 13.6. The molecule has 3 atom stereocenters. The molecule has 2 saturated heterocycles. The minimum atomic E-state index is -0.0377. The number of thiazole rings is 1. The molecule has 3 heterocycles. The second-order valence-electron chi connectivity index (χ2n) is 5.76. The highest BCUT2D eigenvalue weighted by Crippen LogP contribution is 2.32. The number of hydrogen-bond acceptors (Lipinski definition) is 5. The molecule has 1 aromatic carbocycles. The van der Waals surface area contributed by atoms with Crippen LogP contribution in [0.3, 0.4) is 0 Å². The third-order valence-electron chi connectivity index (χ3n) is 4.26. The van der Waals surface area contributed by atoms with E-state index in [-0.39, 0.29) is 11.9 Å². The zero-order chi connectivity index (χ0) is 14.9. The van der Waals surface area contributed by atoms with Crippen LogP contribution < -0.4 is 10.6 Å². The third-order valence-corrected chi connectivity index (χ3v) is 6.36. The fourth-order valence-corrected chi connectivity index (χ4v) is 5.11. The van der Waals surface area contributed by atoms with E-state index in [9.17, 15) is 4.79 Å². The number of hydrogen-bond donors (Lipinski definition) is 2. The third kappa shape index (κ3) is 2.91. The molecular weight excluding hydrogens is 314 g/mol. The molecule has 2 aromatic rings. The molecule has 2 N–H and O–H groups in total. The van der Waals surface area contributed by atoms with Gasteiger partial charge in [-0.15, -0.1) is 11.3 Å². The van der Waals surface area contributed by atoms with Gasteiger partial charge in [-0.05, 0) is 31.4 Å². The van der Waals surface area contributed by atoms with Crippen molar-refractivity contribution in [2.75, 3.05) is 0 Å². The first-order chi connectivity index (χ1) is 10.8. The molecule has 1 amide bonds. The number of rotatable bonds is 4. The largest absolute Gasteiger partial charge is 0.346 e. The van der Waals surface area contributed by atoms with Gasteiger partial charge >= 0.3 is 0 Å². The van der Waals surface area contributed by atoms with Crippen LogP contribution in [0.4, 0.5) is 0 Å². The number of fused-ring (bicyclic) bond motifs is 2. The fraction of sp³-hybridized carbons (Fsp3) is 0.375. The van der Waals surface area contributed by atoms with E-state index >= 15 is 0 Å². The van der Waals surface area contributed by atoms with Gasteiger partial charge in [0.15, 0.2) is 5.01 Å². The van der Waals surface area contributed by atoms with E-state index in [1.807, 2.05) is 18.2 Å². The lowest BCUT2D eigenvalue weighted by Gasteiger charge is -2.20. The summed E-state index contributed by atoms with van der Waals surface area (Å²) in [5.74, 6) is -0.0377. The maximum atomic E-state index is 12.3. The number of carbonyl (C=O) groups is 1. The molecule has 0 aliphatic carbocycles. The first kappa shape index (κ1) is 14.2. The Kier molecular flexibility index (Phi) is 3.90. The van der Waals surface area contributed by atoms with Gasteiger partial charge in [-0.3, -0.25) is 4.79 Å². The molecule has 0 radical (unpaired) electrons. The Balaban J connectivity index is 1.39. The smallest absolute Gasteiger partial charge is 0.280 e. The van der Waals surface area contributed by atoms with Crippen LogP contribution in [0, 0.1) is 0 Å². The molecule has 4 rings (SSSR count). The summed E-state index contributed by atoms with van der Waals surface area (Å²) >= 11 is 3.10. The molecular formula is C16H17N3OS2. The summed E-state index contributed by atoms with van der Waals surface area (Å²) < 4.78 is 1.04. The van der Waals surface area contributed by atoms with Gasteiger partial charge in [-0.25, -0.2) is 4.98 Å². The van der Waals surface area contributed by atoms with Gasteiger partial charge in [0.25, 0.3) is 5.91 Å². The van der Waals surface area contributed by atoms with Crippen molar-refractivity contribution in [2.24, 2.45) is 0 Å². The molecule has 114 valence electrons. The van der Waals surface area contributed by atoms with Gasteiger partial charge in [0.1, 0.15) is 0 Å². The lowest BCUT2D eigenvalue weighted by molar-refractivity contribution is 0.0930. The minimum absolute atomic E-state index is 0.0377. The quantitative estimate of drug-likeness (QED) is 0.904. The normalized spacial score (nSPS) is 26.3. The predicted molar refractivity (Wildman–Crippen MR) is 88.5 cm³/mol. The Hall–Kier alpha value is -1.37. The lowest BCUT2D eigenvalue weighted by Crippen LogP contribution is -2.42.